The lowest BCUT2D eigenvalue weighted by atomic mass is 9.97. The number of hydrogen-bond acceptors (Lipinski definition) is 8. The lowest BCUT2D eigenvalue weighted by Crippen LogP contribution is -2.03. The fraction of sp³-hybridized carbons (Fsp3) is 0.208. The molecule has 162 valence electrons. The Balaban J connectivity index is 2.04. The first kappa shape index (κ1) is 23.0. The highest BCUT2D eigenvalue weighted by atomic mass is 32.2. The number of nitriles is 2. The average molecular weight is 448 g/mol. The van der Waals surface area contributed by atoms with E-state index in [-0.39, 0.29) is 24.7 Å². The van der Waals surface area contributed by atoms with Gasteiger partial charge >= 0.3 is 0 Å². The molecule has 8 heteroatoms. The Hall–Kier alpha value is -3.72. The molecule has 0 amide bonds. The lowest BCUT2D eigenvalue weighted by Gasteiger charge is -2.14. The van der Waals surface area contributed by atoms with E-state index in [0.29, 0.717) is 33.2 Å². The highest BCUT2D eigenvalue weighted by Gasteiger charge is 2.22. The summed E-state index contributed by atoms with van der Waals surface area (Å²) in [6.45, 7) is 0.0920. The summed E-state index contributed by atoms with van der Waals surface area (Å²) in [5.74, 6) is 2.04. The van der Waals surface area contributed by atoms with Gasteiger partial charge in [0, 0.05) is 11.3 Å². The molecule has 0 unspecified atom stereocenters. The Morgan fingerprint density at radius 1 is 0.969 bits per heavy atom. The van der Waals surface area contributed by atoms with Crippen LogP contribution in [0, 0.1) is 22.7 Å². The standard InChI is InChI=1S/C24H21N3O4S/c1-29-19-5-3-4-16(12-19)15-32-24-21(14-26)22(20(13-25)23(27-24)30-2)17-6-8-18(9-7-17)31-11-10-28/h3-9,12,28H,10-11,15H2,1-2H3. The maximum Gasteiger partial charge on any atom is 0.233 e. The van der Waals surface area contributed by atoms with Crippen molar-refractivity contribution >= 4 is 11.8 Å². The van der Waals surface area contributed by atoms with E-state index in [2.05, 4.69) is 17.1 Å². The molecule has 0 spiro atoms. The van der Waals surface area contributed by atoms with Gasteiger partial charge in [0.1, 0.15) is 40.8 Å². The van der Waals surface area contributed by atoms with E-state index in [4.69, 9.17) is 19.3 Å². The summed E-state index contributed by atoms with van der Waals surface area (Å²) in [6, 6.07) is 19.0. The number of aliphatic hydroxyl groups is 1. The number of aromatic nitrogens is 1. The van der Waals surface area contributed by atoms with Gasteiger partial charge in [-0.2, -0.15) is 10.5 Å². The van der Waals surface area contributed by atoms with Crippen LogP contribution in [-0.2, 0) is 5.75 Å². The van der Waals surface area contributed by atoms with Crippen LogP contribution in [-0.4, -0.2) is 37.5 Å². The zero-order valence-corrected chi connectivity index (χ0v) is 18.5. The summed E-state index contributed by atoms with van der Waals surface area (Å²) in [6.07, 6.45) is 0. The van der Waals surface area contributed by atoms with Crippen molar-refractivity contribution in [2.75, 3.05) is 27.4 Å². The van der Waals surface area contributed by atoms with Gasteiger partial charge in [0.05, 0.1) is 26.4 Å². The molecule has 3 aromatic rings. The van der Waals surface area contributed by atoms with Crippen molar-refractivity contribution in [1.82, 2.24) is 4.98 Å². The monoisotopic (exact) mass is 447 g/mol. The van der Waals surface area contributed by atoms with E-state index in [0.717, 1.165) is 11.3 Å². The first-order chi connectivity index (χ1) is 15.6. The average Bonchev–Trinajstić information content (AvgIpc) is 2.85. The van der Waals surface area contributed by atoms with Crippen LogP contribution < -0.4 is 14.2 Å². The summed E-state index contributed by atoms with van der Waals surface area (Å²) < 4.78 is 16.1. The zero-order chi connectivity index (χ0) is 22.9. The highest BCUT2D eigenvalue weighted by molar-refractivity contribution is 7.98. The minimum Gasteiger partial charge on any atom is -0.497 e. The van der Waals surface area contributed by atoms with E-state index in [1.54, 1.807) is 31.4 Å². The van der Waals surface area contributed by atoms with Crippen molar-refractivity contribution in [3.63, 3.8) is 0 Å². The number of hydrogen-bond donors (Lipinski definition) is 1. The second-order valence-electron chi connectivity index (χ2n) is 6.51. The summed E-state index contributed by atoms with van der Waals surface area (Å²) in [4.78, 5) is 4.45. The smallest absolute Gasteiger partial charge is 0.233 e. The van der Waals surface area contributed by atoms with Crippen LogP contribution in [0.4, 0.5) is 0 Å². The Labute approximate surface area is 190 Å². The number of nitrogens with zero attached hydrogens (tertiary/aromatic N) is 3. The predicted molar refractivity (Wildman–Crippen MR) is 121 cm³/mol. The molecule has 7 nitrogen and oxygen atoms in total. The summed E-state index contributed by atoms with van der Waals surface area (Å²) in [5.41, 5.74) is 2.63. The van der Waals surface area contributed by atoms with Gasteiger partial charge in [-0.05, 0) is 35.4 Å². The fourth-order valence-corrected chi connectivity index (χ4v) is 4.01. The summed E-state index contributed by atoms with van der Waals surface area (Å²) >= 11 is 1.38. The minimum atomic E-state index is -0.0890. The molecule has 2 aromatic carbocycles. The molecule has 0 fully saturated rings. The molecule has 3 rings (SSSR count). The van der Waals surface area contributed by atoms with E-state index in [9.17, 15) is 10.5 Å². The van der Waals surface area contributed by atoms with Crippen LogP contribution >= 0.6 is 11.8 Å². The summed E-state index contributed by atoms with van der Waals surface area (Å²) in [7, 11) is 3.06. The molecule has 0 bridgehead atoms. The fourth-order valence-electron chi connectivity index (χ4n) is 3.09. The van der Waals surface area contributed by atoms with E-state index in [1.807, 2.05) is 24.3 Å². The van der Waals surface area contributed by atoms with Crippen LogP contribution in [0.5, 0.6) is 17.4 Å². The number of benzene rings is 2. The number of methoxy groups -OCH3 is 2. The second kappa shape index (κ2) is 11.1. The van der Waals surface area contributed by atoms with Gasteiger partial charge in [-0.3, -0.25) is 0 Å². The molecule has 1 N–H and O–H groups in total. The molecule has 0 saturated carbocycles. The molecule has 0 radical (unpaired) electrons. The minimum absolute atomic E-state index is 0.0890. The summed E-state index contributed by atoms with van der Waals surface area (Å²) in [5, 5.41) is 29.1. The first-order valence-corrected chi connectivity index (χ1v) is 10.7. The maximum absolute atomic E-state index is 9.97. The Morgan fingerprint density at radius 2 is 1.72 bits per heavy atom. The van der Waals surface area contributed by atoms with Crippen LogP contribution in [0.15, 0.2) is 53.6 Å². The zero-order valence-electron chi connectivity index (χ0n) is 17.7. The highest BCUT2D eigenvalue weighted by Crippen LogP contribution is 2.38. The molecule has 0 atom stereocenters. The van der Waals surface area contributed by atoms with Crippen molar-refractivity contribution in [3.05, 3.63) is 65.2 Å². The quantitative estimate of drug-likeness (QED) is 0.487. The van der Waals surface area contributed by atoms with Gasteiger partial charge in [-0.1, -0.05) is 24.3 Å². The molecular weight excluding hydrogens is 426 g/mol. The van der Waals surface area contributed by atoms with Gasteiger partial charge in [0.15, 0.2) is 0 Å². The number of aliphatic hydroxyl groups excluding tert-OH is 1. The molecule has 1 heterocycles. The Bertz CT molecular complexity index is 1170. The van der Waals surface area contributed by atoms with Crippen LogP contribution in [0.1, 0.15) is 16.7 Å². The molecule has 0 saturated heterocycles. The normalized spacial score (nSPS) is 10.2. The number of ether oxygens (including phenoxy) is 3. The van der Waals surface area contributed by atoms with Gasteiger partial charge in [0.25, 0.3) is 0 Å². The Morgan fingerprint density at radius 3 is 2.34 bits per heavy atom. The van der Waals surface area contributed by atoms with Gasteiger partial charge < -0.3 is 19.3 Å². The predicted octanol–water partition coefficient (Wildman–Crippen LogP) is 4.17. The van der Waals surface area contributed by atoms with E-state index < -0.39 is 0 Å². The molecule has 1 aromatic heterocycles. The second-order valence-corrected chi connectivity index (χ2v) is 7.48. The van der Waals surface area contributed by atoms with Crippen molar-refractivity contribution in [2.45, 2.75) is 10.8 Å². The van der Waals surface area contributed by atoms with Crippen LogP contribution in [0.2, 0.25) is 0 Å². The number of rotatable bonds is 9. The number of thioether (sulfide) groups is 1. The third-order valence-electron chi connectivity index (χ3n) is 4.56. The van der Waals surface area contributed by atoms with Gasteiger partial charge in [0.2, 0.25) is 5.88 Å². The maximum atomic E-state index is 9.97. The largest absolute Gasteiger partial charge is 0.497 e. The van der Waals surface area contributed by atoms with Crippen molar-refractivity contribution in [1.29, 1.82) is 10.5 Å². The molecule has 0 aliphatic heterocycles. The van der Waals surface area contributed by atoms with Gasteiger partial charge in [-0.25, -0.2) is 4.98 Å². The molecule has 0 aliphatic rings. The lowest BCUT2D eigenvalue weighted by molar-refractivity contribution is 0.201. The SMILES string of the molecule is COc1cccc(CSc2nc(OC)c(C#N)c(-c3ccc(OCCO)cc3)c2C#N)c1. The third-order valence-corrected chi connectivity index (χ3v) is 5.61. The third kappa shape index (κ3) is 5.12. The van der Waals surface area contributed by atoms with Gasteiger partial charge in [-0.15, -0.1) is 11.8 Å². The van der Waals surface area contributed by atoms with E-state index >= 15 is 0 Å². The molecule has 0 aliphatic carbocycles. The van der Waals surface area contributed by atoms with Crippen molar-refractivity contribution < 1.29 is 19.3 Å². The van der Waals surface area contributed by atoms with E-state index in [1.165, 1.54) is 18.9 Å². The van der Waals surface area contributed by atoms with Crippen molar-refractivity contribution in [3.8, 4) is 40.6 Å². The first-order valence-electron chi connectivity index (χ1n) is 9.67. The molecular formula is C24H21N3O4S. The van der Waals surface area contributed by atoms with Crippen molar-refractivity contribution in [2.24, 2.45) is 0 Å². The molecule has 32 heavy (non-hydrogen) atoms. The van der Waals surface area contributed by atoms with Crippen LogP contribution in [0.25, 0.3) is 11.1 Å². The number of pyridine rings is 1. The Kier molecular flexibility index (Phi) is 7.93. The topological polar surface area (TPSA) is 108 Å². The van der Waals surface area contributed by atoms with Crippen LogP contribution in [0.3, 0.4) is 0 Å².